The van der Waals surface area contributed by atoms with Crippen LogP contribution in [0.5, 0.6) is 0 Å². The Hall–Kier alpha value is -2.27. The summed E-state index contributed by atoms with van der Waals surface area (Å²) < 4.78 is 0. The Kier molecular flexibility index (Phi) is 9.37. The molecular formula is C16H18O4S. The van der Waals surface area contributed by atoms with Crippen LogP contribution in [0.3, 0.4) is 0 Å². The topological polar surface area (TPSA) is 74.6 Å². The van der Waals surface area contributed by atoms with E-state index in [0.717, 1.165) is 36.1 Å². The SMILES string of the molecule is O=C(O)C=CC1=CC=CC1.O=C(O)C=CC1=CC=CC1.S. The number of hydrogen-bond donors (Lipinski definition) is 2. The zero-order valence-electron chi connectivity index (χ0n) is 11.4. The predicted molar refractivity (Wildman–Crippen MR) is 87.6 cm³/mol. The first-order valence-corrected chi connectivity index (χ1v) is 6.11. The van der Waals surface area contributed by atoms with E-state index in [1.165, 1.54) is 0 Å². The van der Waals surface area contributed by atoms with Crippen molar-refractivity contribution < 1.29 is 19.8 Å². The molecule has 0 saturated heterocycles. The standard InChI is InChI=1S/2C8H8O2.H2S/c2*9-8(10)6-5-7-3-1-2-4-7;/h2*1-3,5-6H,4H2,(H,9,10);1H2. The summed E-state index contributed by atoms with van der Waals surface area (Å²) in [5, 5.41) is 16.5. The van der Waals surface area contributed by atoms with Gasteiger partial charge in [-0.15, -0.1) is 0 Å². The fraction of sp³-hybridized carbons (Fsp3) is 0.125. The molecule has 5 heteroatoms. The summed E-state index contributed by atoms with van der Waals surface area (Å²) in [6.07, 6.45) is 18.8. The third-order valence-electron chi connectivity index (χ3n) is 2.48. The molecule has 0 spiro atoms. The van der Waals surface area contributed by atoms with E-state index >= 15 is 0 Å². The van der Waals surface area contributed by atoms with E-state index in [1.54, 1.807) is 12.2 Å². The molecule has 0 unspecified atom stereocenters. The average molecular weight is 306 g/mol. The smallest absolute Gasteiger partial charge is 0.328 e. The Labute approximate surface area is 130 Å². The van der Waals surface area contributed by atoms with Crippen LogP contribution in [0.2, 0.25) is 0 Å². The number of carbonyl (C=O) groups is 2. The van der Waals surface area contributed by atoms with E-state index < -0.39 is 11.9 Å². The Balaban J connectivity index is 0.000000364. The van der Waals surface area contributed by atoms with Gasteiger partial charge in [0.15, 0.2) is 0 Å². The van der Waals surface area contributed by atoms with Crippen molar-refractivity contribution in [3.8, 4) is 0 Å². The van der Waals surface area contributed by atoms with Crippen LogP contribution in [0.4, 0.5) is 0 Å². The minimum Gasteiger partial charge on any atom is -0.478 e. The lowest BCUT2D eigenvalue weighted by Crippen LogP contribution is -1.85. The van der Waals surface area contributed by atoms with E-state index in [2.05, 4.69) is 0 Å². The second kappa shape index (κ2) is 10.5. The fourth-order valence-electron chi connectivity index (χ4n) is 1.53. The minimum atomic E-state index is -0.896. The highest BCUT2D eigenvalue weighted by molar-refractivity contribution is 7.59. The fourth-order valence-corrected chi connectivity index (χ4v) is 1.53. The summed E-state index contributed by atoms with van der Waals surface area (Å²) >= 11 is 0. The van der Waals surface area contributed by atoms with Gasteiger partial charge in [-0.25, -0.2) is 9.59 Å². The molecule has 0 radical (unpaired) electrons. The number of hydrogen-bond acceptors (Lipinski definition) is 2. The lowest BCUT2D eigenvalue weighted by molar-refractivity contribution is -0.132. The molecule has 0 bridgehead atoms. The zero-order chi connectivity index (χ0) is 14.8. The minimum absolute atomic E-state index is 0. The number of carboxylic acids is 2. The van der Waals surface area contributed by atoms with Crippen molar-refractivity contribution in [2.45, 2.75) is 12.8 Å². The molecule has 2 aliphatic carbocycles. The Morgan fingerprint density at radius 1 is 0.857 bits per heavy atom. The lowest BCUT2D eigenvalue weighted by Gasteiger charge is -1.86. The van der Waals surface area contributed by atoms with Crippen LogP contribution in [0.25, 0.3) is 0 Å². The Morgan fingerprint density at radius 2 is 1.24 bits per heavy atom. The maximum Gasteiger partial charge on any atom is 0.328 e. The van der Waals surface area contributed by atoms with Crippen LogP contribution >= 0.6 is 13.5 Å². The van der Waals surface area contributed by atoms with Gasteiger partial charge in [-0.3, -0.25) is 0 Å². The Morgan fingerprint density at radius 3 is 1.48 bits per heavy atom. The first-order chi connectivity index (χ1) is 9.58. The lowest BCUT2D eigenvalue weighted by atomic mass is 10.2. The summed E-state index contributed by atoms with van der Waals surface area (Å²) in [5.74, 6) is -1.79. The van der Waals surface area contributed by atoms with Crippen LogP contribution in [0, 0.1) is 0 Å². The molecule has 4 nitrogen and oxygen atoms in total. The number of allylic oxidation sites excluding steroid dienone is 10. The summed E-state index contributed by atoms with van der Waals surface area (Å²) in [4.78, 5) is 20.0. The predicted octanol–water partition coefficient (Wildman–Crippen LogP) is 3.14. The van der Waals surface area contributed by atoms with Crippen LogP contribution in [-0.2, 0) is 9.59 Å². The quantitative estimate of drug-likeness (QED) is 0.782. The maximum absolute atomic E-state index is 10.0. The molecule has 112 valence electrons. The molecule has 2 N–H and O–H groups in total. The Bertz CT molecular complexity index is 499. The van der Waals surface area contributed by atoms with Crippen LogP contribution < -0.4 is 0 Å². The van der Waals surface area contributed by atoms with Gasteiger partial charge in [0, 0.05) is 12.2 Å². The van der Waals surface area contributed by atoms with Crippen molar-refractivity contribution in [2.24, 2.45) is 0 Å². The van der Waals surface area contributed by atoms with Crippen molar-refractivity contribution in [1.29, 1.82) is 0 Å². The highest BCUT2D eigenvalue weighted by atomic mass is 32.1. The average Bonchev–Trinajstić information content (AvgIpc) is 3.08. The van der Waals surface area contributed by atoms with Gasteiger partial charge in [-0.05, 0) is 24.0 Å². The molecule has 0 heterocycles. The molecule has 0 aromatic carbocycles. The van der Waals surface area contributed by atoms with Gasteiger partial charge in [-0.1, -0.05) is 48.6 Å². The van der Waals surface area contributed by atoms with E-state index in [-0.39, 0.29) is 13.5 Å². The largest absolute Gasteiger partial charge is 0.478 e. The molecule has 21 heavy (non-hydrogen) atoms. The summed E-state index contributed by atoms with van der Waals surface area (Å²) in [6.45, 7) is 0. The van der Waals surface area contributed by atoms with Crippen molar-refractivity contribution in [1.82, 2.24) is 0 Å². The van der Waals surface area contributed by atoms with Crippen molar-refractivity contribution in [2.75, 3.05) is 0 Å². The van der Waals surface area contributed by atoms with Crippen LogP contribution in [0.15, 0.2) is 71.9 Å². The number of rotatable bonds is 4. The van der Waals surface area contributed by atoms with Gasteiger partial charge in [0.25, 0.3) is 0 Å². The maximum atomic E-state index is 10.0. The highest BCUT2D eigenvalue weighted by Gasteiger charge is 1.94. The van der Waals surface area contributed by atoms with Crippen LogP contribution in [0.1, 0.15) is 12.8 Å². The first kappa shape index (κ1) is 18.7. The second-order valence-corrected chi connectivity index (χ2v) is 4.09. The molecule has 0 saturated carbocycles. The molecule has 0 aromatic rings. The second-order valence-electron chi connectivity index (χ2n) is 4.09. The molecule has 0 aliphatic heterocycles. The van der Waals surface area contributed by atoms with Crippen LogP contribution in [-0.4, -0.2) is 22.2 Å². The van der Waals surface area contributed by atoms with Gasteiger partial charge in [0.05, 0.1) is 0 Å². The molecule has 2 aliphatic rings. The third-order valence-corrected chi connectivity index (χ3v) is 2.48. The van der Waals surface area contributed by atoms with E-state index in [0.29, 0.717) is 0 Å². The first-order valence-electron chi connectivity index (χ1n) is 6.11. The van der Waals surface area contributed by atoms with Crippen molar-refractivity contribution in [3.63, 3.8) is 0 Å². The van der Waals surface area contributed by atoms with E-state index in [4.69, 9.17) is 10.2 Å². The van der Waals surface area contributed by atoms with Gasteiger partial charge >= 0.3 is 11.9 Å². The summed E-state index contributed by atoms with van der Waals surface area (Å²) in [7, 11) is 0. The molecule has 0 amide bonds. The van der Waals surface area contributed by atoms with E-state index in [9.17, 15) is 9.59 Å². The zero-order valence-corrected chi connectivity index (χ0v) is 12.4. The summed E-state index contributed by atoms with van der Waals surface area (Å²) in [5.41, 5.74) is 2.09. The molecule has 0 aromatic heterocycles. The van der Waals surface area contributed by atoms with Gasteiger partial charge in [0.2, 0.25) is 0 Å². The van der Waals surface area contributed by atoms with Gasteiger partial charge in [0.1, 0.15) is 0 Å². The van der Waals surface area contributed by atoms with Crippen molar-refractivity contribution in [3.05, 3.63) is 71.9 Å². The molecular weight excluding hydrogens is 288 g/mol. The molecule has 0 fully saturated rings. The monoisotopic (exact) mass is 306 g/mol. The normalized spacial score (nSPS) is 15.4. The highest BCUT2D eigenvalue weighted by Crippen LogP contribution is 2.11. The molecule has 0 atom stereocenters. The van der Waals surface area contributed by atoms with Crippen molar-refractivity contribution >= 4 is 25.4 Å². The number of carboxylic acid groups (broad SMARTS) is 2. The van der Waals surface area contributed by atoms with Gasteiger partial charge in [-0.2, -0.15) is 13.5 Å². The van der Waals surface area contributed by atoms with E-state index in [1.807, 2.05) is 36.5 Å². The molecule has 2 rings (SSSR count). The number of aliphatic carboxylic acids is 2. The van der Waals surface area contributed by atoms with Gasteiger partial charge < -0.3 is 10.2 Å². The third kappa shape index (κ3) is 9.29. The summed E-state index contributed by atoms with van der Waals surface area (Å²) in [6, 6.07) is 0.